The van der Waals surface area contributed by atoms with Crippen LogP contribution in [-0.2, 0) is 0 Å². The van der Waals surface area contributed by atoms with Gasteiger partial charge in [-0.25, -0.2) is 0 Å². The lowest BCUT2D eigenvalue weighted by molar-refractivity contribution is 0.673. The minimum atomic E-state index is 0.936. The summed E-state index contributed by atoms with van der Waals surface area (Å²) in [5, 5.41) is 15.2. The summed E-state index contributed by atoms with van der Waals surface area (Å²) in [6.45, 7) is 0. The van der Waals surface area contributed by atoms with Gasteiger partial charge in [-0.2, -0.15) is 0 Å². The molecule has 5 heterocycles. The molecule has 0 aliphatic rings. The predicted molar refractivity (Wildman–Crippen MR) is 181 cm³/mol. The summed E-state index contributed by atoms with van der Waals surface area (Å²) in [5.74, 6) is 0. The van der Waals surface area contributed by atoms with E-state index in [1.54, 1.807) is 0 Å². The molecular formula is C40H20N2O. The van der Waals surface area contributed by atoms with Gasteiger partial charge in [-0.15, -0.1) is 0 Å². The molecule has 0 fully saturated rings. The molecule has 43 heavy (non-hydrogen) atoms. The predicted octanol–water partition coefficient (Wildman–Crippen LogP) is 11.0. The number of furan rings is 1. The van der Waals surface area contributed by atoms with Crippen molar-refractivity contribution in [1.82, 2.24) is 8.80 Å². The van der Waals surface area contributed by atoms with E-state index in [9.17, 15) is 0 Å². The summed E-state index contributed by atoms with van der Waals surface area (Å²) >= 11 is 0. The molecule has 12 rings (SSSR count). The average molecular weight is 545 g/mol. The maximum atomic E-state index is 6.55. The minimum absolute atomic E-state index is 0.936. The molecule has 0 saturated carbocycles. The van der Waals surface area contributed by atoms with Gasteiger partial charge in [-0.05, 0) is 47.2 Å². The molecule has 196 valence electrons. The number of para-hydroxylation sites is 3. The van der Waals surface area contributed by atoms with E-state index in [-0.39, 0.29) is 0 Å². The van der Waals surface area contributed by atoms with Crippen LogP contribution in [0, 0.1) is 0 Å². The van der Waals surface area contributed by atoms with Gasteiger partial charge in [-0.1, -0.05) is 84.9 Å². The van der Waals surface area contributed by atoms with E-state index in [1.807, 2.05) is 6.07 Å². The first-order valence-corrected chi connectivity index (χ1v) is 14.9. The molecule has 0 atom stereocenters. The number of hydrogen-bond donors (Lipinski definition) is 0. The molecule has 12 aromatic rings. The van der Waals surface area contributed by atoms with Gasteiger partial charge < -0.3 is 13.2 Å². The Morgan fingerprint density at radius 2 is 0.977 bits per heavy atom. The first-order valence-electron chi connectivity index (χ1n) is 14.9. The summed E-state index contributed by atoms with van der Waals surface area (Å²) < 4.78 is 11.5. The molecule has 0 saturated heterocycles. The summed E-state index contributed by atoms with van der Waals surface area (Å²) in [5.41, 5.74) is 9.44. The number of benzene rings is 7. The van der Waals surface area contributed by atoms with Gasteiger partial charge in [0.25, 0.3) is 0 Å². The highest BCUT2D eigenvalue weighted by molar-refractivity contribution is 6.33. The normalized spacial score (nSPS) is 13.1. The third kappa shape index (κ3) is 2.22. The average Bonchev–Trinajstić information content (AvgIpc) is 3.84. The second-order valence-corrected chi connectivity index (χ2v) is 12.1. The van der Waals surface area contributed by atoms with E-state index in [4.69, 9.17) is 4.42 Å². The van der Waals surface area contributed by atoms with Gasteiger partial charge in [0.1, 0.15) is 11.2 Å². The molecule has 3 heteroatoms. The Morgan fingerprint density at radius 1 is 0.372 bits per heavy atom. The lowest BCUT2D eigenvalue weighted by atomic mass is 10.0. The number of hydrogen-bond acceptors (Lipinski definition) is 1. The van der Waals surface area contributed by atoms with Crippen molar-refractivity contribution >= 4 is 109 Å². The third-order valence-electron chi connectivity index (χ3n) is 10.1. The van der Waals surface area contributed by atoms with Crippen LogP contribution in [0.1, 0.15) is 0 Å². The van der Waals surface area contributed by atoms with Crippen LogP contribution in [0.3, 0.4) is 0 Å². The summed E-state index contributed by atoms with van der Waals surface area (Å²) in [4.78, 5) is 0. The zero-order valence-corrected chi connectivity index (χ0v) is 22.8. The second kappa shape index (κ2) is 6.80. The van der Waals surface area contributed by atoms with Crippen LogP contribution in [0.25, 0.3) is 109 Å². The molecule has 0 radical (unpaired) electrons. The lowest BCUT2D eigenvalue weighted by Crippen LogP contribution is -1.84. The van der Waals surface area contributed by atoms with Gasteiger partial charge in [0.2, 0.25) is 0 Å². The van der Waals surface area contributed by atoms with Gasteiger partial charge in [-0.3, -0.25) is 0 Å². The van der Waals surface area contributed by atoms with Crippen molar-refractivity contribution in [2.24, 2.45) is 0 Å². The van der Waals surface area contributed by atoms with E-state index >= 15 is 0 Å². The molecule has 0 aliphatic heterocycles. The molecule has 0 amide bonds. The van der Waals surface area contributed by atoms with Crippen molar-refractivity contribution in [1.29, 1.82) is 0 Å². The number of aromatic nitrogens is 2. The van der Waals surface area contributed by atoms with Gasteiger partial charge in [0, 0.05) is 48.5 Å². The van der Waals surface area contributed by atoms with Crippen LogP contribution in [-0.4, -0.2) is 8.80 Å². The largest absolute Gasteiger partial charge is 0.455 e. The highest BCUT2D eigenvalue weighted by atomic mass is 16.3. The minimum Gasteiger partial charge on any atom is -0.455 e. The summed E-state index contributed by atoms with van der Waals surface area (Å²) in [6.07, 6.45) is 0. The van der Waals surface area contributed by atoms with Crippen LogP contribution in [0.5, 0.6) is 0 Å². The fourth-order valence-corrected chi connectivity index (χ4v) is 8.48. The van der Waals surface area contributed by atoms with Gasteiger partial charge in [0.05, 0.1) is 38.5 Å². The van der Waals surface area contributed by atoms with Crippen LogP contribution in [0.2, 0.25) is 0 Å². The van der Waals surface area contributed by atoms with Crippen LogP contribution >= 0.6 is 0 Å². The van der Waals surface area contributed by atoms with Crippen molar-refractivity contribution in [2.75, 3.05) is 0 Å². The van der Waals surface area contributed by atoms with E-state index in [0.29, 0.717) is 0 Å². The first kappa shape index (κ1) is 21.0. The van der Waals surface area contributed by atoms with E-state index < -0.39 is 0 Å². The Labute approximate surface area is 243 Å². The smallest absolute Gasteiger partial charge is 0.145 e. The SMILES string of the molecule is c1ccc2c(c1)ccc1c2c2cccc3c4cc5c6cccc7c8c9oc%10ccccc%10c9ccc8n(c5cc4n1c32)c67. The lowest BCUT2D eigenvalue weighted by Gasteiger charge is -2.03. The zero-order chi connectivity index (χ0) is 27.6. The van der Waals surface area contributed by atoms with Gasteiger partial charge in [0.15, 0.2) is 0 Å². The Balaban J connectivity index is 1.33. The van der Waals surface area contributed by atoms with Gasteiger partial charge >= 0.3 is 0 Å². The Bertz CT molecular complexity index is 3170. The molecule has 5 aromatic heterocycles. The fourth-order valence-electron chi connectivity index (χ4n) is 8.48. The fraction of sp³-hybridized carbons (Fsp3) is 0. The quantitative estimate of drug-likeness (QED) is 0.186. The Morgan fingerprint density at radius 3 is 1.77 bits per heavy atom. The molecule has 7 aromatic carbocycles. The molecule has 0 aliphatic carbocycles. The summed E-state index contributed by atoms with van der Waals surface area (Å²) in [6, 6.07) is 44.6. The number of fused-ring (bicyclic) bond motifs is 18. The van der Waals surface area contributed by atoms with Crippen molar-refractivity contribution < 1.29 is 4.42 Å². The number of rotatable bonds is 0. The maximum Gasteiger partial charge on any atom is 0.145 e. The molecule has 0 spiro atoms. The van der Waals surface area contributed by atoms with E-state index in [1.165, 1.54) is 97.7 Å². The molecule has 0 unspecified atom stereocenters. The van der Waals surface area contributed by atoms with Crippen molar-refractivity contribution in [3.63, 3.8) is 0 Å². The molecule has 0 N–H and O–H groups in total. The Hall–Kier alpha value is -5.80. The molecular weight excluding hydrogens is 524 g/mol. The highest BCUT2D eigenvalue weighted by Gasteiger charge is 2.24. The third-order valence-corrected chi connectivity index (χ3v) is 10.1. The van der Waals surface area contributed by atoms with Crippen molar-refractivity contribution in [3.8, 4) is 0 Å². The van der Waals surface area contributed by atoms with Crippen LogP contribution in [0.4, 0.5) is 0 Å². The van der Waals surface area contributed by atoms with Crippen molar-refractivity contribution in [2.45, 2.75) is 0 Å². The van der Waals surface area contributed by atoms with Crippen LogP contribution in [0.15, 0.2) is 126 Å². The maximum absolute atomic E-state index is 6.55. The van der Waals surface area contributed by atoms with E-state index in [0.717, 1.165) is 11.2 Å². The van der Waals surface area contributed by atoms with Crippen molar-refractivity contribution in [3.05, 3.63) is 121 Å². The topological polar surface area (TPSA) is 22.0 Å². The second-order valence-electron chi connectivity index (χ2n) is 12.1. The van der Waals surface area contributed by atoms with Crippen LogP contribution < -0.4 is 0 Å². The first-order chi connectivity index (χ1) is 21.3. The highest BCUT2D eigenvalue weighted by Crippen LogP contribution is 2.47. The standard InChI is InChI=1S/C40H20N2O/c1-2-8-22-21(7-1)15-17-31-36(22)27-12-5-10-24-29-19-30-25-11-6-13-28-37-32(18-16-26-23-9-3-4-14-35(23)43-40(26)37)42(39(25)28)34(30)20-33(29)41(31)38(24)27/h1-20H. The Kier molecular flexibility index (Phi) is 3.32. The summed E-state index contributed by atoms with van der Waals surface area (Å²) in [7, 11) is 0. The monoisotopic (exact) mass is 544 g/mol. The number of nitrogens with zero attached hydrogens (tertiary/aromatic N) is 2. The molecule has 3 nitrogen and oxygen atoms in total. The van der Waals surface area contributed by atoms with E-state index in [2.05, 4.69) is 124 Å². The zero-order valence-electron chi connectivity index (χ0n) is 22.8. The molecule has 0 bridgehead atoms.